The van der Waals surface area contributed by atoms with Crippen molar-refractivity contribution in [1.82, 2.24) is 29.9 Å². The molecule has 32 heavy (non-hydrogen) atoms. The van der Waals surface area contributed by atoms with E-state index in [2.05, 4.69) is 32.3 Å². The van der Waals surface area contributed by atoms with Crippen LogP contribution in [0.3, 0.4) is 0 Å². The van der Waals surface area contributed by atoms with Crippen LogP contribution in [0.5, 0.6) is 0 Å². The van der Waals surface area contributed by atoms with Gasteiger partial charge >= 0.3 is 0 Å². The summed E-state index contributed by atoms with van der Waals surface area (Å²) in [5, 5.41) is 11.8. The third-order valence-electron chi connectivity index (χ3n) is 5.03. The molecule has 0 saturated carbocycles. The van der Waals surface area contributed by atoms with E-state index in [1.54, 1.807) is 35.4 Å². The van der Waals surface area contributed by atoms with Gasteiger partial charge in [-0.2, -0.15) is 10.2 Å². The monoisotopic (exact) mass is 424 g/mol. The first-order chi connectivity index (χ1) is 15.5. The van der Waals surface area contributed by atoms with E-state index in [0.717, 1.165) is 22.6 Å². The van der Waals surface area contributed by atoms with Crippen molar-refractivity contribution in [2.75, 3.05) is 6.54 Å². The number of hydrogen-bond donors (Lipinski definition) is 1. The van der Waals surface area contributed by atoms with Gasteiger partial charge in [-0.05, 0) is 63.2 Å². The Bertz CT molecular complexity index is 1280. The van der Waals surface area contributed by atoms with Crippen molar-refractivity contribution in [2.24, 2.45) is 0 Å². The predicted octanol–water partition coefficient (Wildman–Crippen LogP) is 3.47. The van der Waals surface area contributed by atoms with Gasteiger partial charge in [-0.25, -0.2) is 4.68 Å². The molecule has 1 N–H and O–H groups in total. The van der Waals surface area contributed by atoms with E-state index in [1.165, 1.54) is 0 Å². The Morgan fingerprint density at radius 2 is 2.00 bits per heavy atom. The number of nitrogens with zero attached hydrogens (tertiary/aromatic N) is 5. The zero-order valence-corrected chi connectivity index (χ0v) is 18.3. The zero-order valence-electron chi connectivity index (χ0n) is 18.3. The molecule has 0 fully saturated rings. The Morgan fingerprint density at radius 3 is 2.69 bits per heavy atom. The molecule has 0 aliphatic heterocycles. The SMILES string of the molecule is Cc1cc(C)n([C@H](C)CNC(=O)c2ccc(-n3cccn3)c(C#Cc3cccnc3)c2)n1. The van der Waals surface area contributed by atoms with E-state index in [1.807, 2.05) is 62.0 Å². The van der Waals surface area contributed by atoms with Gasteiger partial charge in [0.2, 0.25) is 0 Å². The van der Waals surface area contributed by atoms with Crippen LogP contribution in [0.2, 0.25) is 0 Å². The van der Waals surface area contributed by atoms with Crippen molar-refractivity contribution in [1.29, 1.82) is 0 Å². The largest absolute Gasteiger partial charge is 0.350 e. The number of carbonyl (C=O) groups is 1. The van der Waals surface area contributed by atoms with Gasteiger partial charge in [0.1, 0.15) is 0 Å². The fourth-order valence-corrected chi connectivity index (χ4v) is 3.49. The highest BCUT2D eigenvalue weighted by atomic mass is 16.1. The fraction of sp³-hybridized carbons (Fsp3) is 0.200. The second-order valence-corrected chi connectivity index (χ2v) is 7.60. The molecule has 0 saturated heterocycles. The van der Waals surface area contributed by atoms with Gasteiger partial charge in [0.05, 0.1) is 23.0 Å². The number of carbonyl (C=O) groups excluding carboxylic acids is 1. The summed E-state index contributed by atoms with van der Waals surface area (Å²) in [5.41, 5.74) is 4.88. The fourth-order valence-electron chi connectivity index (χ4n) is 3.49. The smallest absolute Gasteiger partial charge is 0.251 e. The number of rotatable bonds is 5. The van der Waals surface area contributed by atoms with E-state index in [4.69, 9.17) is 0 Å². The summed E-state index contributed by atoms with van der Waals surface area (Å²) in [6.45, 7) is 6.48. The van der Waals surface area contributed by atoms with Crippen LogP contribution in [0.4, 0.5) is 0 Å². The zero-order chi connectivity index (χ0) is 22.5. The summed E-state index contributed by atoms with van der Waals surface area (Å²) >= 11 is 0. The van der Waals surface area contributed by atoms with Crippen LogP contribution in [0.25, 0.3) is 5.69 Å². The quantitative estimate of drug-likeness (QED) is 0.498. The molecule has 3 aromatic heterocycles. The molecular formula is C25H24N6O. The minimum absolute atomic E-state index is 0.0424. The maximum atomic E-state index is 12.9. The molecule has 0 aliphatic rings. The summed E-state index contributed by atoms with van der Waals surface area (Å²) in [5.74, 6) is 6.12. The number of aromatic nitrogens is 5. The third-order valence-corrected chi connectivity index (χ3v) is 5.03. The predicted molar refractivity (Wildman–Crippen MR) is 123 cm³/mol. The molecule has 1 amide bonds. The molecule has 3 heterocycles. The van der Waals surface area contributed by atoms with Crippen molar-refractivity contribution < 1.29 is 4.79 Å². The van der Waals surface area contributed by atoms with Crippen molar-refractivity contribution >= 4 is 5.91 Å². The van der Waals surface area contributed by atoms with Crippen molar-refractivity contribution in [2.45, 2.75) is 26.8 Å². The molecule has 0 unspecified atom stereocenters. The van der Waals surface area contributed by atoms with Gasteiger partial charge in [0, 0.05) is 48.2 Å². The van der Waals surface area contributed by atoms with Crippen molar-refractivity contribution in [3.8, 4) is 17.5 Å². The van der Waals surface area contributed by atoms with Gasteiger partial charge < -0.3 is 5.32 Å². The third kappa shape index (κ3) is 4.76. The van der Waals surface area contributed by atoms with Crippen LogP contribution in [0.15, 0.2) is 67.3 Å². The van der Waals surface area contributed by atoms with E-state index in [0.29, 0.717) is 17.7 Å². The van der Waals surface area contributed by atoms with Gasteiger partial charge in [0.15, 0.2) is 0 Å². The molecule has 7 nitrogen and oxygen atoms in total. The lowest BCUT2D eigenvalue weighted by atomic mass is 10.1. The second kappa shape index (κ2) is 9.31. The minimum Gasteiger partial charge on any atom is -0.350 e. The lowest BCUT2D eigenvalue weighted by Gasteiger charge is -2.15. The lowest BCUT2D eigenvalue weighted by molar-refractivity contribution is 0.0947. The summed E-state index contributed by atoms with van der Waals surface area (Å²) in [6.07, 6.45) is 6.97. The number of benzene rings is 1. The molecule has 4 rings (SSSR count). The van der Waals surface area contributed by atoms with Crippen LogP contribution in [0.1, 0.15) is 45.8 Å². The standard InChI is InChI=1S/C25H24N6O/c1-18-14-19(2)31(29-18)20(3)16-27-25(32)23-9-10-24(30-13-5-12-28-30)22(15-23)8-7-21-6-4-11-26-17-21/h4-6,9-15,17,20H,16H2,1-3H3,(H,27,32)/t20-/m1/s1. The van der Waals surface area contributed by atoms with E-state index in [-0.39, 0.29) is 11.9 Å². The molecule has 0 bridgehead atoms. The number of aryl methyl sites for hydroxylation is 2. The normalized spacial score (nSPS) is 11.5. The molecule has 0 aliphatic carbocycles. The Balaban J connectivity index is 1.57. The van der Waals surface area contributed by atoms with E-state index >= 15 is 0 Å². The first-order valence-electron chi connectivity index (χ1n) is 10.4. The average molecular weight is 425 g/mol. The van der Waals surface area contributed by atoms with E-state index < -0.39 is 0 Å². The highest BCUT2D eigenvalue weighted by Crippen LogP contribution is 2.16. The molecule has 7 heteroatoms. The Hall–Kier alpha value is -4.18. The topological polar surface area (TPSA) is 77.6 Å². The minimum atomic E-state index is -0.158. The average Bonchev–Trinajstić information content (AvgIpc) is 3.45. The van der Waals surface area contributed by atoms with Crippen LogP contribution in [-0.4, -0.2) is 37.0 Å². The van der Waals surface area contributed by atoms with Gasteiger partial charge in [-0.15, -0.1) is 0 Å². The maximum Gasteiger partial charge on any atom is 0.251 e. The summed E-state index contributed by atoms with van der Waals surface area (Å²) in [4.78, 5) is 17.0. The Kier molecular flexibility index (Phi) is 6.13. The molecular weight excluding hydrogens is 400 g/mol. The first kappa shape index (κ1) is 21.1. The van der Waals surface area contributed by atoms with Gasteiger partial charge in [-0.3, -0.25) is 14.5 Å². The van der Waals surface area contributed by atoms with Crippen LogP contribution in [0, 0.1) is 25.7 Å². The molecule has 4 aromatic rings. The second-order valence-electron chi connectivity index (χ2n) is 7.60. The van der Waals surface area contributed by atoms with Crippen LogP contribution in [-0.2, 0) is 0 Å². The lowest BCUT2D eigenvalue weighted by Crippen LogP contribution is -2.30. The van der Waals surface area contributed by atoms with Crippen LogP contribution < -0.4 is 5.32 Å². The first-order valence-corrected chi connectivity index (χ1v) is 10.4. The molecule has 0 radical (unpaired) electrons. The maximum absolute atomic E-state index is 12.9. The van der Waals surface area contributed by atoms with E-state index in [9.17, 15) is 4.79 Å². The number of pyridine rings is 1. The van der Waals surface area contributed by atoms with Crippen molar-refractivity contribution in [3.63, 3.8) is 0 Å². The Labute approximate surface area is 187 Å². The summed E-state index contributed by atoms with van der Waals surface area (Å²) < 4.78 is 3.67. The Morgan fingerprint density at radius 1 is 1.12 bits per heavy atom. The molecule has 1 atom stereocenters. The number of amides is 1. The van der Waals surface area contributed by atoms with Crippen molar-refractivity contribution in [3.05, 3.63) is 95.3 Å². The highest BCUT2D eigenvalue weighted by Gasteiger charge is 2.14. The van der Waals surface area contributed by atoms with Gasteiger partial charge in [-0.1, -0.05) is 11.8 Å². The number of hydrogen-bond acceptors (Lipinski definition) is 4. The molecule has 1 aromatic carbocycles. The number of nitrogens with one attached hydrogen (secondary N) is 1. The molecule has 0 spiro atoms. The molecule has 160 valence electrons. The highest BCUT2D eigenvalue weighted by molar-refractivity contribution is 5.95. The van der Waals surface area contributed by atoms with Gasteiger partial charge in [0.25, 0.3) is 5.91 Å². The van der Waals surface area contributed by atoms with Crippen LogP contribution >= 0.6 is 0 Å². The summed E-state index contributed by atoms with van der Waals surface area (Å²) in [6, 6.07) is 13.1. The summed E-state index contributed by atoms with van der Waals surface area (Å²) in [7, 11) is 0.